The molecule has 0 bridgehead atoms. The summed E-state index contributed by atoms with van der Waals surface area (Å²) in [4.78, 5) is 4.04. The molecule has 0 atom stereocenters. The maximum Gasteiger partial charge on any atom is 0.286 e. The minimum Gasteiger partial charge on any atom is -0.366 e. The Hall–Kier alpha value is -2.87. The van der Waals surface area contributed by atoms with Crippen molar-refractivity contribution in [1.82, 2.24) is 14.2 Å². The van der Waals surface area contributed by atoms with Crippen LogP contribution < -0.4 is 11.1 Å². The van der Waals surface area contributed by atoms with Crippen LogP contribution in [0.25, 0.3) is 0 Å². The first-order valence-electron chi connectivity index (χ1n) is 6.42. The Balaban J connectivity index is 2.05. The fourth-order valence-electron chi connectivity index (χ4n) is 1.90. The third kappa shape index (κ3) is 2.63. The molecule has 2 aromatic carbocycles. The quantitative estimate of drug-likeness (QED) is 0.761. The molecule has 0 amide bonds. The van der Waals surface area contributed by atoms with Gasteiger partial charge >= 0.3 is 0 Å². The van der Waals surface area contributed by atoms with E-state index in [-0.39, 0.29) is 16.8 Å². The van der Waals surface area contributed by atoms with Crippen molar-refractivity contribution in [1.29, 1.82) is 0 Å². The Labute approximate surface area is 127 Å². The number of nitrogens with two attached hydrogens (primary N) is 1. The molecule has 1 aromatic heterocycles. The van der Waals surface area contributed by atoms with E-state index in [1.807, 2.05) is 18.2 Å². The lowest BCUT2D eigenvalue weighted by Gasteiger charge is -2.08. The minimum absolute atomic E-state index is 0.0348. The van der Waals surface area contributed by atoms with Crippen LogP contribution in [0.5, 0.6) is 0 Å². The highest BCUT2D eigenvalue weighted by molar-refractivity contribution is 7.90. The summed E-state index contributed by atoms with van der Waals surface area (Å²) in [5, 5.41) is 6.69. The summed E-state index contributed by atoms with van der Waals surface area (Å²) in [6.07, 6.45) is 0. The topological polar surface area (TPSA) is 103 Å². The van der Waals surface area contributed by atoms with E-state index in [9.17, 15) is 8.42 Å². The first kappa shape index (κ1) is 14.1. The van der Waals surface area contributed by atoms with Crippen LogP contribution in [-0.4, -0.2) is 22.6 Å². The molecule has 0 aliphatic rings. The van der Waals surface area contributed by atoms with Crippen LogP contribution in [0.15, 0.2) is 65.6 Å². The van der Waals surface area contributed by atoms with Crippen molar-refractivity contribution in [2.75, 3.05) is 11.1 Å². The van der Waals surface area contributed by atoms with Gasteiger partial charge in [-0.1, -0.05) is 36.4 Å². The summed E-state index contributed by atoms with van der Waals surface area (Å²) in [7, 11) is -3.87. The first-order valence-corrected chi connectivity index (χ1v) is 7.86. The van der Waals surface area contributed by atoms with E-state index in [0.29, 0.717) is 5.69 Å². The van der Waals surface area contributed by atoms with E-state index in [4.69, 9.17) is 5.73 Å². The summed E-state index contributed by atoms with van der Waals surface area (Å²) in [5.74, 6) is -0.0921. The van der Waals surface area contributed by atoms with Gasteiger partial charge in [-0.3, -0.25) is 0 Å². The maximum absolute atomic E-state index is 12.6. The molecule has 0 aliphatic carbocycles. The van der Waals surface area contributed by atoms with Crippen molar-refractivity contribution < 1.29 is 8.42 Å². The van der Waals surface area contributed by atoms with Gasteiger partial charge in [-0.25, -0.2) is 0 Å². The second-order valence-electron chi connectivity index (χ2n) is 4.45. The number of benzene rings is 2. The van der Waals surface area contributed by atoms with Crippen molar-refractivity contribution >= 4 is 27.6 Å². The van der Waals surface area contributed by atoms with Crippen LogP contribution in [0.3, 0.4) is 0 Å². The highest BCUT2D eigenvalue weighted by Gasteiger charge is 2.23. The van der Waals surface area contributed by atoms with Crippen LogP contribution in [0.2, 0.25) is 0 Å². The summed E-state index contributed by atoms with van der Waals surface area (Å²) in [5.41, 5.74) is 6.24. The molecule has 3 aromatic rings. The fraction of sp³-hybridized carbons (Fsp3) is 0. The second kappa shape index (κ2) is 5.49. The smallest absolute Gasteiger partial charge is 0.286 e. The lowest BCUT2D eigenvalue weighted by Crippen LogP contribution is -2.17. The second-order valence-corrected chi connectivity index (χ2v) is 6.21. The van der Waals surface area contributed by atoms with E-state index in [0.717, 1.165) is 4.09 Å². The Morgan fingerprint density at radius 2 is 1.55 bits per heavy atom. The SMILES string of the molecule is Nc1nc(Nc2ccccc2)n(S(=O)(=O)c2ccccc2)n1. The van der Waals surface area contributed by atoms with Crippen LogP contribution in [-0.2, 0) is 10.0 Å². The number of nitrogen functional groups attached to an aromatic ring is 1. The first-order chi connectivity index (χ1) is 10.6. The van der Waals surface area contributed by atoms with Gasteiger partial charge < -0.3 is 11.1 Å². The highest BCUT2D eigenvalue weighted by Crippen LogP contribution is 2.20. The average Bonchev–Trinajstić information content (AvgIpc) is 2.90. The Bertz CT molecular complexity index is 876. The predicted molar refractivity (Wildman–Crippen MR) is 83.2 cm³/mol. The third-order valence-corrected chi connectivity index (χ3v) is 4.47. The number of para-hydroxylation sites is 1. The molecule has 0 saturated heterocycles. The summed E-state index contributed by atoms with van der Waals surface area (Å²) < 4.78 is 26.0. The number of rotatable bonds is 4. The van der Waals surface area contributed by atoms with Gasteiger partial charge in [0.15, 0.2) is 0 Å². The van der Waals surface area contributed by atoms with Crippen LogP contribution in [0.1, 0.15) is 0 Å². The highest BCUT2D eigenvalue weighted by atomic mass is 32.2. The normalized spacial score (nSPS) is 11.3. The molecule has 22 heavy (non-hydrogen) atoms. The van der Waals surface area contributed by atoms with Crippen LogP contribution in [0.4, 0.5) is 17.6 Å². The molecular formula is C14H13N5O2S. The van der Waals surface area contributed by atoms with Gasteiger partial charge in [-0.2, -0.15) is 13.4 Å². The van der Waals surface area contributed by atoms with E-state index < -0.39 is 10.0 Å². The molecule has 0 fully saturated rings. The molecule has 112 valence electrons. The zero-order chi connectivity index (χ0) is 15.6. The lowest BCUT2D eigenvalue weighted by molar-refractivity contribution is 0.581. The molecule has 3 rings (SSSR count). The Morgan fingerprint density at radius 1 is 0.955 bits per heavy atom. The molecule has 8 heteroatoms. The summed E-state index contributed by atoms with van der Waals surface area (Å²) in [6.45, 7) is 0. The number of hydrogen-bond donors (Lipinski definition) is 2. The molecule has 0 radical (unpaired) electrons. The molecule has 0 aliphatic heterocycles. The zero-order valence-electron chi connectivity index (χ0n) is 11.4. The van der Waals surface area contributed by atoms with Crippen molar-refractivity contribution in [2.45, 2.75) is 4.90 Å². The van der Waals surface area contributed by atoms with Crippen LogP contribution >= 0.6 is 0 Å². The molecule has 7 nitrogen and oxygen atoms in total. The molecule has 0 saturated carbocycles. The Morgan fingerprint density at radius 3 is 2.18 bits per heavy atom. The standard InChI is InChI=1S/C14H13N5O2S/c15-13-17-14(16-11-7-3-1-4-8-11)19(18-13)22(20,21)12-9-5-2-6-10-12/h1-10H,(H3,15,16,17,18). The average molecular weight is 315 g/mol. The van der Waals surface area contributed by atoms with Gasteiger partial charge in [0.25, 0.3) is 10.0 Å². The van der Waals surface area contributed by atoms with Gasteiger partial charge in [0.05, 0.1) is 4.90 Å². The van der Waals surface area contributed by atoms with E-state index in [1.54, 1.807) is 30.3 Å². The van der Waals surface area contributed by atoms with E-state index in [2.05, 4.69) is 15.4 Å². The van der Waals surface area contributed by atoms with Gasteiger partial charge in [-0.05, 0) is 24.3 Å². The molecule has 3 N–H and O–H groups in total. The monoisotopic (exact) mass is 315 g/mol. The largest absolute Gasteiger partial charge is 0.366 e. The van der Waals surface area contributed by atoms with E-state index >= 15 is 0 Å². The number of aromatic nitrogens is 3. The number of anilines is 3. The number of nitrogens with zero attached hydrogens (tertiary/aromatic N) is 3. The fourth-order valence-corrected chi connectivity index (χ4v) is 3.11. The minimum atomic E-state index is -3.87. The number of hydrogen-bond acceptors (Lipinski definition) is 6. The van der Waals surface area contributed by atoms with Gasteiger partial charge in [0, 0.05) is 5.69 Å². The van der Waals surface area contributed by atoms with Gasteiger partial charge in [0.2, 0.25) is 11.9 Å². The third-order valence-electron chi connectivity index (χ3n) is 2.89. The maximum atomic E-state index is 12.6. The lowest BCUT2D eigenvalue weighted by atomic mass is 10.3. The zero-order valence-corrected chi connectivity index (χ0v) is 12.2. The van der Waals surface area contributed by atoms with Gasteiger partial charge in [0.1, 0.15) is 0 Å². The summed E-state index contributed by atoms with van der Waals surface area (Å²) >= 11 is 0. The predicted octanol–water partition coefficient (Wildman–Crippen LogP) is 1.84. The van der Waals surface area contributed by atoms with Crippen LogP contribution in [0, 0.1) is 0 Å². The molecule has 1 heterocycles. The van der Waals surface area contributed by atoms with E-state index in [1.165, 1.54) is 12.1 Å². The van der Waals surface area contributed by atoms with Crippen molar-refractivity contribution in [3.05, 3.63) is 60.7 Å². The number of nitrogens with one attached hydrogen (secondary N) is 1. The van der Waals surface area contributed by atoms with Crippen molar-refractivity contribution in [2.24, 2.45) is 0 Å². The van der Waals surface area contributed by atoms with Gasteiger partial charge in [-0.15, -0.1) is 9.19 Å². The molecule has 0 unspecified atom stereocenters. The van der Waals surface area contributed by atoms with Crippen molar-refractivity contribution in [3.8, 4) is 0 Å². The van der Waals surface area contributed by atoms with Crippen molar-refractivity contribution in [3.63, 3.8) is 0 Å². The summed E-state index contributed by atoms with van der Waals surface area (Å²) in [6, 6.07) is 17.0. The molecular weight excluding hydrogens is 302 g/mol. The Kier molecular flexibility index (Phi) is 3.51. The molecule has 0 spiro atoms.